The normalized spacial score (nSPS) is 18.3. The number of carbonyl (C=O) groups excluding carboxylic acids is 2. The van der Waals surface area contributed by atoms with Gasteiger partial charge in [-0.15, -0.1) is 0 Å². The van der Waals surface area contributed by atoms with Crippen LogP contribution in [0.4, 0.5) is 0 Å². The van der Waals surface area contributed by atoms with Gasteiger partial charge in [0.2, 0.25) is 0 Å². The Bertz CT molecular complexity index is 1060. The summed E-state index contributed by atoms with van der Waals surface area (Å²) in [5.74, 6) is 0.176. The van der Waals surface area contributed by atoms with E-state index in [9.17, 15) is 30.0 Å². The first-order chi connectivity index (χ1) is 34.7. The van der Waals surface area contributed by atoms with Crippen LogP contribution in [0.5, 0.6) is 0 Å². The molecule has 0 spiro atoms. The lowest BCUT2D eigenvalue weighted by molar-refractivity contribution is -0.301. The van der Waals surface area contributed by atoms with E-state index in [2.05, 4.69) is 32.6 Å². The maximum absolute atomic E-state index is 13.2. The van der Waals surface area contributed by atoms with E-state index < -0.39 is 37.3 Å². The molecule has 11 heteroatoms. The molecule has 1 heterocycles. The van der Waals surface area contributed by atoms with Crippen molar-refractivity contribution in [3.63, 3.8) is 0 Å². The van der Waals surface area contributed by atoms with E-state index in [1.165, 1.54) is 128 Å². The molecular weight excluding hydrogens is 895 g/mol. The van der Waals surface area contributed by atoms with E-state index in [1.54, 1.807) is 0 Å². The molecule has 11 nitrogen and oxygen atoms in total. The van der Waals surface area contributed by atoms with Crippen molar-refractivity contribution in [1.82, 2.24) is 4.90 Å². The first-order valence-electron chi connectivity index (χ1n) is 30.7. The molecule has 1 fully saturated rings. The topological polar surface area (TPSA) is 155 Å². The molecule has 1 aliphatic heterocycles. The molecule has 0 aromatic rings. The Morgan fingerprint density at radius 1 is 0.408 bits per heavy atom. The molecule has 0 aromatic carbocycles. The Morgan fingerprint density at radius 3 is 1.08 bits per heavy atom. The molecule has 71 heavy (non-hydrogen) atoms. The van der Waals surface area contributed by atoms with Crippen LogP contribution in [0.25, 0.3) is 0 Å². The van der Waals surface area contributed by atoms with Gasteiger partial charge in [0.25, 0.3) is 0 Å². The van der Waals surface area contributed by atoms with E-state index in [0.29, 0.717) is 19.8 Å². The Morgan fingerprint density at radius 2 is 0.718 bits per heavy atom. The maximum Gasteiger partial charge on any atom is 0.308 e. The van der Waals surface area contributed by atoms with Crippen LogP contribution in [-0.2, 0) is 28.5 Å². The van der Waals surface area contributed by atoms with Crippen LogP contribution < -0.4 is 0 Å². The van der Waals surface area contributed by atoms with Crippen molar-refractivity contribution in [3.05, 3.63) is 0 Å². The molecule has 0 aliphatic carbocycles. The zero-order chi connectivity index (χ0) is 51.8. The lowest BCUT2D eigenvalue weighted by atomic mass is 9.94. The summed E-state index contributed by atoms with van der Waals surface area (Å²) in [6.07, 6.45) is 39.9. The summed E-state index contributed by atoms with van der Waals surface area (Å²) in [5, 5.41) is 40.2. The third-order valence-electron chi connectivity index (χ3n) is 15.0. The highest BCUT2D eigenvalue weighted by molar-refractivity contribution is 5.72. The number of ether oxygens (including phenoxy) is 4. The molecule has 0 amide bonds. The van der Waals surface area contributed by atoms with Gasteiger partial charge in [0.1, 0.15) is 24.4 Å². The minimum Gasteiger partial charge on any atom is -0.465 e. The van der Waals surface area contributed by atoms with E-state index in [0.717, 1.165) is 148 Å². The van der Waals surface area contributed by atoms with E-state index in [-0.39, 0.29) is 23.8 Å². The van der Waals surface area contributed by atoms with Gasteiger partial charge < -0.3 is 44.3 Å². The summed E-state index contributed by atoms with van der Waals surface area (Å²) in [6, 6.07) is 0. The predicted octanol–water partition coefficient (Wildman–Crippen LogP) is 14.1. The molecule has 0 bridgehead atoms. The average Bonchev–Trinajstić information content (AvgIpc) is 3.37. The number of aliphatic hydroxyl groups is 4. The summed E-state index contributed by atoms with van der Waals surface area (Å²) in [6.45, 7) is 12.9. The number of hydrogen-bond acceptors (Lipinski definition) is 11. The van der Waals surface area contributed by atoms with E-state index in [1.807, 2.05) is 0 Å². The van der Waals surface area contributed by atoms with Gasteiger partial charge in [-0.2, -0.15) is 0 Å². The highest BCUT2D eigenvalue weighted by atomic mass is 16.7. The van der Waals surface area contributed by atoms with E-state index in [4.69, 9.17) is 18.9 Å². The Labute approximate surface area is 437 Å². The monoisotopic (exact) mass is 1010 g/mol. The van der Waals surface area contributed by atoms with Gasteiger partial charge in [0, 0.05) is 6.61 Å². The molecule has 0 radical (unpaired) electrons. The third kappa shape index (κ3) is 37.1. The van der Waals surface area contributed by atoms with Crippen molar-refractivity contribution in [2.45, 2.75) is 315 Å². The van der Waals surface area contributed by atoms with E-state index >= 15 is 0 Å². The molecule has 0 saturated carbocycles. The summed E-state index contributed by atoms with van der Waals surface area (Å²) in [4.78, 5) is 28.9. The maximum atomic E-state index is 13.2. The van der Waals surface area contributed by atoms with Crippen LogP contribution in [0.15, 0.2) is 0 Å². The minimum absolute atomic E-state index is 0.0334. The molecule has 4 N–H and O–H groups in total. The molecule has 1 rings (SSSR count). The zero-order valence-corrected chi connectivity index (χ0v) is 47.0. The number of esters is 2. The number of aliphatic hydroxyl groups excluding tert-OH is 4. The zero-order valence-electron chi connectivity index (χ0n) is 47.0. The highest BCUT2D eigenvalue weighted by Gasteiger charge is 2.44. The smallest absolute Gasteiger partial charge is 0.308 e. The van der Waals surface area contributed by atoms with Gasteiger partial charge in [0.15, 0.2) is 6.29 Å². The summed E-state index contributed by atoms with van der Waals surface area (Å²) in [7, 11) is 0. The molecule has 0 aromatic heterocycles. The molecule has 0 unspecified atom stereocenters. The molecule has 1 saturated heterocycles. The Hall–Kier alpha value is -1.34. The van der Waals surface area contributed by atoms with Crippen LogP contribution in [0.3, 0.4) is 0 Å². The Balaban J connectivity index is 2.54. The van der Waals surface area contributed by atoms with Crippen molar-refractivity contribution < 1.29 is 49.0 Å². The van der Waals surface area contributed by atoms with Gasteiger partial charge in [0.05, 0.1) is 31.7 Å². The number of hydrogen-bond donors (Lipinski definition) is 4. The highest BCUT2D eigenvalue weighted by Crippen LogP contribution is 2.25. The van der Waals surface area contributed by atoms with Crippen molar-refractivity contribution in [1.29, 1.82) is 0 Å². The molecule has 1 aliphatic rings. The summed E-state index contributed by atoms with van der Waals surface area (Å²) >= 11 is 0. The average molecular weight is 1010 g/mol. The lowest BCUT2D eigenvalue weighted by Crippen LogP contribution is -2.59. The van der Waals surface area contributed by atoms with Crippen LogP contribution >= 0.6 is 0 Å². The third-order valence-corrected chi connectivity index (χ3v) is 15.0. The SMILES string of the molecule is CCCCCCCCC(CCCCCCCC)C(=O)OCCCCCCCN(CCCCCCCOC(=O)C(CCCCCCCC)CCCCCCCC)CCCCO[C@H]1O[C@H](CO)[C@@H](O)[C@H](O)[C@@H]1O. The van der Waals surface area contributed by atoms with Gasteiger partial charge in [-0.05, 0) is 83.8 Å². The predicted molar refractivity (Wildman–Crippen MR) is 292 cm³/mol. The van der Waals surface area contributed by atoms with Crippen LogP contribution in [-0.4, -0.2) is 114 Å². The standard InChI is InChI=1S/C60H117NO10/c1-5-9-13-17-23-31-41-52(42-32-24-18-14-10-6-2)58(66)68-48-38-29-21-27-35-45-61(47-37-40-50-70-60-57(65)56(64)55(63)54(51-62)71-60)46-36-28-22-30-39-49-69-59(67)53(43-33-25-19-15-11-7-3)44-34-26-20-16-12-8-4/h52-57,60,62-65H,5-51H2,1-4H3/t54-,55-,56+,57+,60+/m1/s1. The fourth-order valence-electron chi connectivity index (χ4n) is 10.1. The quantitative estimate of drug-likeness (QED) is 0.0340. The number of nitrogens with zero attached hydrogens (tertiary/aromatic N) is 1. The second-order valence-electron chi connectivity index (χ2n) is 21.6. The van der Waals surface area contributed by atoms with Crippen molar-refractivity contribution in [2.75, 3.05) is 46.1 Å². The van der Waals surface area contributed by atoms with Crippen molar-refractivity contribution >= 4 is 11.9 Å². The van der Waals surface area contributed by atoms with Gasteiger partial charge in [-0.25, -0.2) is 0 Å². The molecular formula is C60H117NO10. The van der Waals surface area contributed by atoms with Crippen LogP contribution in [0.1, 0.15) is 285 Å². The van der Waals surface area contributed by atoms with Crippen LogP contribution in [0, 0.1) is 11.8 Å². The first-order valence-corrected chi connectivity index (χ1v) is 30.7. The minimum atomic E-state index is -1.44. The molecule has 5 atom stereocenters. The van der Waals surface area contributed by atoms with Crippen molar-refractivity contribution in [2.24, 2.45) is 11.8 Å². The van der Waals surface area contributed by atoms with Gasteiger partial charge in [-0.3, -0.25) is 9.59 Å². The van der Waals surface area contributed by atoms with Crippen molar-refractivity contribution in [3.8, 4) is 0 Å². The summed E-state index contributed by atoms with van der Waals surface area (Å²) in [5.41, 5.74) is 0. The fourth-order valence-corrected chi connectivity index (χ4v) is 10.1. The largest absolute Gasteiger partial charge is 0.465 e. The fraction of sp³-hybridized carbons (Fsp3) is 0.967. The number of carbonyl (C=O) groups is 2. The summed E-state index contributed by atoms with van der Waals surface area (Å²) < 4.78 is 23.1. The first kappa shape index (κ1) is 67.7. The lowest BCUT2D eigenvalue weighted by Gasteiger charge is -2.39. The number of unbranched alkanes of at least 4 members (excludes halogenated alkanes) is 29. The second kappa shape index (κ2) is 49.5. The van der Waals surface area contributed by atoms with Gasteiger partial charge >= 0.3 is 11.9 Å². The van der Waals surface area contributed by atoms with Gasteiger partial charge in [-0.1, -0.05) is 220 Å². The van der Waals surface area contributed by atoms with Crippen LogP contribution in [0.2, 0.25) is 0 Å². The number of rotatable bonds is 53. The molecule has 422 valence electrons. The Kier molecular flexibility index (Phi) is 47.2. The second-order valence-corrected chi connectivity index (χ2v) is 21.6.